The van der Waals surface area contributed by atoms with E-state index in [-0.39, 0.29) is 5.75 Å². The van der Waals surface area contributed by atoms with E-state index >= 15 is 0 Å². The molecule has 1 N–H and O–H groups in total. The van der Waals surface area contributed by atoms with Crippen LogP contribution in [0.25, 0.3) is 123 Å². The summed E-state index contributed by atoms with van der Waals surface area (Å²) in [5.74, 6) is 2.08. The number of aromatic hydroxyl groups is 1. The molecule has 0 aliphatic heterocycles. The molecule has 69 heavy (non-hydrogen) atoms. The molecule has 12 aromatic rings. The van der Waals surface area contributed by atoms with E-state index in [1.54, 1.807) is 18.3 Å². The Morgan fingerprint density at radius 2 is 0.638 bits per heavy atom. The predicted molar refractivity (Wildman–Crippen MR) is 283 cm³/mol. The molecule has 0 atom stereocenters. The summed E-state index contributed by atoms with van der Waals surface area (Å²) in [6, 6.07) is 79.0. The van der Waals surface area contributed by atoms with Crippen molar-refractivity contribution in [3.05, 3.63) is 231 Å². The monoisotopic (exact) mass is 887 g/mol. The Morgan fingerprint density at radius 1 is 0.319 bits per heavy atom. The fourth-order valence-corrected chi connectivity index (χ4v) is 9.86. The lowest BCUT2D eigenvalue weighted by atomic mass is 9.86. The van der Waals surface area contributed by atoms with Crippen molar-refractivity contribution in [1.82, 2.24) is 24.1 Å². The molecule has 0 radical (unpaired) electrons. The van der Waals surface area contributed by atoms with E-state index in [4.69, 9.17) is 9.97 Å². The van der Waals surface area contributed by atoms with Crippen LogP contribution in [0, 0.1) is 0 Å². The van der Waals surface area contributed by atoms with Gasteiger partial charge in [-0.05, 0) is 115 Å². The number of para-hydroxylation sites is 4. The van der Waals surface area contributed by atoms with Crippen molar-refractivity contribution in [3.8, 4) is 107 Å². The smallest absolute Gasteiger partial charge is 0.140 e. The predicted octanol–water partition coefficient (Wildman–Crippen LogP) is 15.6. The number of rotatable bonds is 9. The van der Waals surface area contributed by atoms with Crippen molar-refractivity contribution in [2.45, 2.75) is 0 Å². The van der Waals surface area contributed by atoms with Gasteiger partial charge in [0, 0.05) is 43.0 Å². The van der Waals surface area contributed by atoms with Crippen molar-refractivity contribution in [2.75, 3.05) is 0 Å². The second-order valence-corrected chi connectivity index (χ2v) is 17.5. The number of benzene rings is 9. The van der Waals surface area contributed by atoms with Crippen molar-refractivity contribution >= 4 is 22.1 Å². The molecule has 0 amide bonds. The molecule has 9 aromatic carbocycles. The molecule has 3 heterocycles. The van der Waals surface area contributed by atoms with Crippen LogP contribution in [0.5, 0.6) is 5.75 Å². The highest BCUT2D eigenvalue weighted by Gasteiger charge is 2.18. The van der Waals surface area contributed by atoms with Gasteiger partial charge in [0.15, 0.2) is 0 Å². The number of aryl methyl sites for hydroxylation is 2. The number of hydrogen-bond acceptors (Lipinski definition) is 4. The van der Waals surface area contributed by atoms with E-state index in [1.807, 2.05) is 12.1 Å². The van der Waals surface area contributed by atoms with Crippen LogP contribution in [0.3, 0.4) is 0 Å². The van der Waals surface area contributed by atoms with Crippen LogP contribution in [-0.2, 0) is 14.1 Å². The fourth-order valence-electron chi connectivity index (χ4n) is 9.86. The van der Waals surface area contributed by atoms with Gasteiger partial charge in [0.1, 0.15) is 17.4 Å². The van der Waals surface area contributed by atoms with E-state index in [2.05, 4.69) is 228 Å². The van der Waals surface area contributed by atoms with Gasteiger partial charge in [-0.15, -0.1) is 0 Å². The Bertz CT molecular complexity index is 3680. The number of pyridine rings is 1. The van der Waals surface area contributed by atoms with Gasteiger partial charge < -0.3 is 14.2 Å². The highest BCUT2D eigenvalue weighted by atomic mass is 16.3. The molecule has 328 valence electrons. The molecule has 0 saturated carbocycles. The largest absolute Gasteiger partial charge is 0.508 e. The van der Waals surface area contributed by atoms with Crippen LogP contribution in [0.4, 0.5) is 0 Å². The first-order valence-electron chi connectivity index (χ1n) is 23.2. The average molecular weight is 888 g/mol. The van der Waals surface area contributed by atoms with Gasteiger partial charge in [-0.1, -0.05) is 170 Å². The van der Waals surface area contributed by atoms with E-state index in [9.17, 15) is 5.11 Å². The Morgan fingerprint density at radius 3 is 1.00 bits per heavy atom. The van der Waals surface area contributed by atoms with E-state index in [0.717, 1.165) is 123 Å². The number of fused-ring (bicyclic) bond motifs is 2. The molecular weight excluding hydrogens is 843 g/mol. The van der Waals surface area contributed by atoms with Crippen molar-refractivity contribution in [2.24, 2.45) is 14.1 Å². The third-order valence-electron chi connectivity index (χ3n) is 13.4. The molecule has 6 heteroatoms. The van der Waals surface area contributed by atoms with Crippen molar-refractivity contribution in [3.63, 3.8) is 0 Å². The third-order valence-corrected chi connectivity index (χ3v) is 13.4. The summed E-state index contributed by atoms with van der Waals surface area (Å²) < 4.78 is 4.33. The van der Waals surface area contributed by atoms with Crippen molar-refractivity contribution < 1.29 is 5.11 Å². The Labute approximate surface area is 400 Å². The molecule has 0 spiro atoms. The lowest BCUT2D eigenvalue weighted by Crippen LogP contribution is -1.94. The average Bonchev–Trinajstić information content (AvgIpc) is 3.94. The van der Waals surface area contributed by atoms with Crippen LogP contribution in [0.15, 0.2) is 231 Å². The number of nitrogens with zero attached hydrogens (tertiary/aromatic N) is 5. The van der Waals surface area contributed by atoms with Crippen LogP contribution in [-0.4, -0.2) is 29.2 Å². The summed E-state index contributed by atoms with van der Waals surface area (Å²) >= 11 is 0. The summed E-state index contributed by atoms with van der Waals surface area (Å²) in [5.41, 5.74) is 21.5. The Kier molecular flexibility index (Phi) is 10.3. The molecule has 0 aliphatic carbocycles. The molecule has 3 aromatic heterocycles. The molecule has 12 rings (SSSR count). The van der Waals surface area contributed by atoms with E-state index < -0.39 is 0 Å². The first-order valence-corrected chi connectivity index (χ1v) is 23.2. The molecule has 0 saturated heterocycles. The molecule has 0 fully saturated rings. The van der Waals surface area contributed by atoms with Gasteiger partial charge in [0.05, 0.1) is 27.8 Å². The zero-order chi connectivity index (χ0) is 46.4. The topological polar surface area (TPSA) is 68.8 Å². The standard InChI is InChI=1S/C63H45N5O/c1-67-60-21-11-9-19-57(60)65-62(67)45-31-25-42(26-32-45)52-14-4-7-17-55(52)48-37-47(54-16-6-3-13-51(54)41-23-29-44(30-24-41)59-40-50(69)35-36-64-59)38-49(39-48)56-18-8-5-15-53(56)43-27-33-46(34-28-43)63-66-58-20-10-12-22-61(58)68(63)2/h3-40H,1-2H3,(H,64,69). The second-order valence-electron chi connectivity index (χ2n) is 17.5. The van der Waals surface area contributed by atoms with Crippen LogP contribution < -0.4 is 0 Å². The summed E-state index contributed by atoms with van der Waals surface area (Å²) in [5, 5.41) is 10.2. The molecule has 0 unspecified atom stereocenters. The maximum atomic E-state index is 10.2. The first-order chi connectivity index (χ1) is 33.9. The maximum Gasteiger partial charge on any atom is 0.140 e. The van der Waals surface area contributed by atoms with Gasteiger partial charge in [-0.2, -0.15) is 0 Å². The number of aromatic nitrogens is 5. The minimum absolute atomic E-state index is 0.193. The van der Waals surface area contributed by atoms with Gasteiger partial charge in [-0.3, -0.25) is 4.98 Å². The van der Waals surface area contributed by atoms with Crippen LogP contribution >= 0.6 is 0 Å². The minimum atomic E-state index is 0.193. The molecule has 6 nitrogen and oxygen atoms in total. The van der Waals surface area contributed by atoms with Gasteiger partial charge in [-0.25, -0.2) is 9.97 Å². The quantitative estimate of drug-likeness (QED) is 0.157. The van der Waals surface area contributed by atoms with E-state index in [1.165, 1.54) is 0 Å². The Hall–Kier alpha value is -9.13. The summed E-state index contributed by atoms with van der Waals surface area (Å²) in [6.45, 7) is 0. The van der Waals surface area contributed by atoms with Crippen molar-refractivity contribution in [1.29, 1.82) is 0 Å². The Balaban J connectivity index is 0.984. The summed E-state index contributed by atoms with van der Waals surface area (Å²) in [7, 11) is 4.16. The normalized spacial score (nSPS) is 11.4. The second kappa shape index (κ2) is 17.3. The minimum Gasteiger partial charge on any atom is -0.508 e. The first kappa shape index (κ1) is 41.3. The number of imidazole rings is 2. The summed E-state index contributed by atoms with van der Waals surface area (Å²) in [4.78, 5) is 14.5. The third kappa shape index (κ3) is 7.64. The molecular formula is C63H45N5O. The number of hydrogen-bond donors (Lipinski definition) is 1. The maximum absolute atomic E-state index is 10.2. The SMILES string of the molecule is Cn1c(-c2ccc(-c3ccccc3-c3cc(-c4ccccc4-c4ccc(-c5cc(O)ccn5)cc4)cc(-c4ccccc4-c4ccc(-c5nc6ccccc6n5C)cc4)c3)cc2)nc2ccccc21. The van der Waals surface area contributed by atoms with Gasteiger partial charge in [0.25, 0.3) is 0 Å². The van der Waals surface area contributed by atoms with E-state index in [0.29, 0.717) is 0 Å². The van der Waals surface area contributed by atoms with Crippen LogP contribution in [0.2, 0.25) is 0 Å². The highest BCUT2D eigenvalue weighted by Crippen LogP contribution is 2.43. The highest BCUT2D eigenvalue weighted by molar-refractivity contribution is 5.95. The molecule has 0 aliphatic rings. The molecule has 0 bridgehead atoms. The lowest BCUT2D eigenvalue weighted by molar-refractivity contribution is 0.475. The zero-order valence-corrected chi connectivity index (χ0v) is 38.1. The lowest BCUT2D eigenvalue weighted by Gasteiger charge is -2.18. The van der Waals surface area contributed by atoms with Gasteiger partial charge in [0.2, 0.25) is 0 Å². The van der Waals surface area contributed by atoms with Gasteiger partial charge >= 0.3 is 0 Å². The fraction of sp³-hybridized carbons (Fsp3) is 0.0317. The van der Waals surface area contributed by atoms with Crippen LogP contribution in [0.1, 0.15) is 0 Å². The zero-order valence-electron chi connectivity index (χ0n) is 38.1. The summed E-state index contributed by atoms with van der Waals surface area (Å²) in [6.07, 6.45) is 1.63.